The molecule has 0 saturated heterocycles. The summed E-state index contributed by atoms with van der Waals surface area (Å²) in [5.41, 5.74) is 0.565. The van der Waals surface area contributed by atoms with E-state index in [-0.39, 0.29) is 40.0 Å². The minimum Gasteiger partial charge on any atom is -0.486 e. The molecule has 1 amide bonds. The smallest absolute Gasteiger partial charge is 0.280 e. The normalized spacial score (nSPS) is 24.1. The van der Waals surface area contributed by atoms with Crippen molar-refractivity contribution in [2.45, 2.75) is 31.2 Å². The number of nitrogens with zero attached hydrogens (tertiary/aromatic N) is 1. The first kappa shape index (κ1) is 19.5. The molecule has 0 aliphatic heterocycles. The third-order valence-electron chi connectivity index (χ3n) is 5.87. The van der Waals surface area contributed by atoms with Crippen molar-refractivity contribution in [1.82, 2.24) is 10.3 Å². The van der Waals surface area contributed by atoms with Crippen LogP contribution in [-0.2, 0) is 4.79 Å². The van der Waals surface area contributed by atoms with E-state index < -0.39 is 5.82 Å². The summed E-state index contributed by atoms with van der Waals surface area (Å²) in [7, 11) is 0. The van der Waals surface area contributed by atoms with Gasteiger partial charge in [-0.3, -0.25) is 9.59 Å². The van der Waals surface area contributed by atoms with E-state index in [9.17, 15) is 14.0 Å². The molecule has 8 heteroatoms. The number of fused-ring (bicyclic) bond motifs is 1. The van der Waals surface area contributed by atoms with Crippen molar-refractivity contribution in [3.8, 4) is 5.75 Å². The quantitative estimate of drug-likeness (QED) is 0.569. The zero-order valence-corrected chi connectivity index (χ0v) is 17.5. The minimum atomic E-state index is -0.577. The molecule has 154 valence electrons. The third-order valence-corrected chi connectivity index (χ3v) is 7.21. The van der Waals surface area contributed by atoms with Crippen LogP contribution in [0.2, 0.25) is 5.02 Å². The van der Waals surface area contributed by atoms with Crippen LogP contribution in [0.15, 0.2) is 42.5 Å². The highest BCUT2D eigenvalue weighted by atomic mass is 35.5. The maximum atomic E-state index is 13.4. The van der Waals surface area contributed by atoms with Gasteiger partial charge in [-0.25, -0.2) is 9.37 Å². The van der Waals surface area contributed by atoms with E-state index in [1.165, 1.54) is 29.5 Å². The molecule has 2 aromatic carbocycles. The molecular formula is C22H18ClFN2O3S. The molecule has 0 radical (unpaired) electrons. The summed E-state index contributed by atoms with van der Waals surface area (Å²) in [6.45, 7) is -0.103. The largest absolute Gasteiger partial charge is 0.486 e. The second-order valence-corrected chi connectivity index (χ2v) is 9.77. The number of ether oxygens (including phenoxy) is 1. The number of thiazole rings is 1. The number of Topliss-reactive ketones (excluding diaryl/α,β-unsaturated/α-hetero) is 1. The Morgan fingerprint density at radius 1 is 1.20 bits per heavy atom. The van der Waals surface area contributed by atoms with Gasteiger partial charge in [0.15, 0.2) is 10.8 Å². The van der Waals surface area contributed by atoms with Gasteiger partial charge >= 0.3 is 0 Å². The molecule has 1 aromatic heterocycles. The van der Waals surface area contributed by atoms with Crippen molar-refractivity contribution in [3.05, 3.63) is 58.3 Å². The highest BCUT2D eigenvalue weighted by molar-refractivity contribution is 7.20. The molecule has 6 rings (SSSR count). The molecule has 0 spiro atoms. The Balaban J connectivity index is 1.12. The van der Waals surface area contributed by atoms with Gasteiger partial charge in [-0.15, -0.1) is 11.3 Å². The lowest BCUT2D eigenvalue weighted by molar-refractivity contribution is -0.162. The van der Waals surface area contributed by atoms with Crippen LogP contribution >= 0.6 is 22.9 Å². The first-order valence-corrected chi connectivity index (χ1v) is 10.8. The summed E-state index contributed by atoms with van der Waals surface area (Å²) in [5, 5.41) is 3.60. The highest BCUT2D eigenvalue weighted by Gasteiger charge is 2.68. The topological polar surface area (TPSA) is 68.3 Å². The molecule has 3 aromatic rings. The average molecular weight is 445 g/mol. The van der Waals surface area contributed by atoms with Crippen LogP contribution in [0.3, 0.4) is 0 Å². The number of carbonyl (C=O) groups is 2. The molecule has 1 heterocycles. The Kier molecular flexibility index (Phi) is 4.56. The number of ketones is 1. The van der Waals surface area contributed by atoms with E-state index in [0.29, 0.717) is 11.4 Å². The lowest BCUT2D eigenvalue weighted by Crippen LogP contribution is -2.75. The van der Waals surface area contributed by atoms with Crippen LogP contribution in [-0.4, -0.2) is 28.8 Å². The Morgan fingerprint density at radius 2 is 1.97 bits per heavy atom. The van der Waals surface area contributed by atoms with Crippen LogP contribution in [0.5, 0.6) is 5.75 Å². The predicted molar refractivity (Wildman–Crippen MR) is 113 cm³/mol. The van der Waals surface area contributed by atoms with Gasteiger partial charge in [-0.05, 0) is 48.9 Å². The molecule has 2 bridgehead atoms. The third kappa shape index (κ3) is 3.46. The predicted octanol–water partition coefficient (Wildman–Crippen LogP) is 4.78. The summed E-state index contributed by atoms with van der Waals surface area (Å²) < 4.78 is 19.8. The van der Waals surface area contributed by atoms with E-state index >= 15 is 0 Å². The van der Waals surface area contributed by atoms with Gasteiger partial charge in [0.1, 0.15) is 18.2 Å². The fourth-order valence-electron chi connectivity index (χ4n) is 4.78. The van der Waals surface area contributed by atoms with E-state index in [1.54, 1.807) is 0 Å². The average Bonchev–Trinajstić information content (AvgIpc) is 3.10. The van der Waals surface area contributed by atoms with Crippen LogP contribution in [0.25, 0.3) is 10.2 Å². The number of halogens is 2. The standard InChI is InChI=1S/C22H18ClFN2O3S/c23-15-6-5-14(7-16(15)24)29-9-13(27)8-21-10-22(11-21,12-21)26-19(28)20-25-17-3-1-2-4-18(17)30-20/h1-7H,8-12H2,(H,26,28). The lowest BCUT2D eigenvalue weighted by atomic mass is 9.38. The SMILES string of the molecule is O=C(COc1ccc(Cl)c(F)c1)CC12CC(NC(=O)c3nc4ccccc4s3)(C1)C2. The summed E-state index contributed by atoms with van der Waals surface area (Å²) in [4.78, 5) is 29.3. The van der Waals surface area contributed by atoms with Crippen molar-refractivity contribution in [1.29, 1.82) is 0 Å². The van der Waals surface area contributed by atoms with Crippen LogP contribution in [0.4, 0.5) is 4.39 Å². The Labute approximate surface area is 181 Å². The van der Waals surface area contributed by atoms with E-state index in [2.05, 4.69) is 10.3 Å². The molecule has 3 fully saturated rings. The first-order valence-electron chi connectivity index (χ1n) is 9.63. The van der Waals surface area contributed by atoms with Crippen LogP contribution in [0.1, 0.15) is 35.5 Å². The van der Waals surface area contributed by atoms with Crippen LogP contribution in [0, 0.1) is 11.2 Å². The van der Waals surface area contributed by atoms with Crippen molar-refractivity contribution < 1.29 is 18.7 Å². The molecule has 30 heavy (non-hydrogen) atoms. The number of benzene rings is 2. The number of amides is 1. The number of aromatic nitrogens is 1. The van der Waals surface area contributed by atoms with Gasteiger partial charge in [0, 0.05) is 18.0 Å². The summed E-state index contributed by atoms with van der Waals surface area (Å²) in [6.07, 6.45) is 2.77. The zero-order valence-electron chi connectivity index (χ0n) is 15.9. The summed E-state index contributed by atoms with van der Waals surface area (Å²) in [5.74, 6) is -0.477. The molecule has 3 aliphatic rings. The number of hydrogen-bond acceptors (Lipinski definition) is 5. The van der Waals surface area contributed by atoms with Gasteiger partial charge in [-0.1, -0.05) is 23.7 Å². The van der Waals surface area contributed by atoms with Crippen molar-refractivity contribution in [2.75, 3.05) is 6.61 Å². The molecule has 3 saturated carbocycles. The van der Waals surface area contributed by atoms with Gasteiger partial charge in [0.05, 0.1) is 15.2 Å². The number of hydrogen-bond donors (Lipinski definition) is 1. The second kappa shape index (κ2) is 7.03. The Bertz CT molecular complexity index is 1130. The van der Waals surface area contributed by atoms with Gasteiger partial charge in [-0.2, -0.15) is 0 Å². The Hall–Kier alpha value is -2.51. The molecule has 5 nitrogen and oxygen atoms in total. The monoisotopic (exact) mass is 444 g/mol. The maximum absolute atomic E-state index is 13.4. The van der Waals surface area contributed by atoms with Crippen molar-refractivity contribution in [2.24, 2.45) is 5.41 Å². The number of para-hydroxylation sites is 1. The van der Waals surface area contributed by atoms with Gasteiger partial charge in [0.2, 0.25) is 0 Å². The Morgan fingerprint density at radius 3 is 2.70 bits per heavy atom. The minimum absolute atomic E-state index is 0.0146. The van der Waals surface area contributed by atoms with Crippen molar-refractivity contribution in [3.63, 3.8) is 0 Å². The second-order valence-electron chi connectivity index (χ2n) is 8.33. The molecule has 3 aliphatic carbocycles. The van der Waals surface area contributed by atoms with Gasteiger partial charge in [0.25, 0.3) is 5.91 Å². The first-order chi connectivity index (χ1) is 14.4. The fourth-order valence-corrected chi connectivity index (χ4v) is 5.76. The highest BCUT2D eigenvalue weighted by Crippen LogP contribution is 2.69. The van der Waals surface area contributed by atoms with E-state index in [4.69, 9.17) is 16.3 Å². The van der Waals surface area contributed by atoms with Crippen molar-refractivity contribution >= 4 is 44.8 Å². The summed E-state index contributed by atoms with van der Waals surface area (Å²) in [6, 6.07) is 11.8. The van der Waals surface area contributed by atoms with E-state index in [1.807, 2.05) is 24.3 Å². The molecule has 0 atom stereocenters. The zero-order chi connectivity index (χ0) is 20.9. The van der Waals surface area contributed by atoms with E-state index in [0.717, 1.165) is 29.5 Å². The lowest BCUT2D eigenvalue weighted by Gasteiger charge is -2.70. The van der Waals surface area contributed by atoms with Crippen LogP contribution < -0.4 is 10.1 Å². The number of carbonyl (C=O) groups excluding carboxylic acids is 2. The maximum Gasteiger partial charge on any atom is 0.280 e. The molecular weight excluding hydrogens is 427 g/mol. The van der Waals surface area contributed by atoms with Gasteiger partial charge < -0.3 is 10.1 Å². The fraction of sp³-hybridized carbons (Fsp3) is 0.318. The molecule has 0 unspecified atom stereocenters. The number of rotatable bonds is 7. The summed E-state index contributed by atoms with van der Waals surface area (Å²) >= 11 is 7.03. The molecule has 1 N–H and O–H groups in total. The number of nitrogens with one attached hydrogen (secondary N) is 1.